The van der Waals surface area contributed by atoms with E-state index in [0.29, 0.717) is 0 Å². The molecule has 0 aliphatic heterocycles. The molecule has 4 aromatic heterocycles. The normalized spacial score (nSPS) is 9.65. The molecule has 3 N–H and O–H groups in total. The molecule has 0 bridgehead atoms. The van der Waals surface area contributed by atoms with Crippen LogP contribution in [0.1, 0.15) is 20.0 Å². The summed E-state index contributed by atoms with van der Waals surface area (Å²) in [6, 6.07) is 1.94. The van der Waals surface area contributed by atoms with E-state index in [1.54, 1.807) is 12.4 Å². The fourth-order valence-corrected chi connectivity index (χ4v) is 2.88. The van der Waals surface area contributed by atoms with Crippen LogP contribution in [0.2, 0.25) is 0 Å². The summed E-state index contributed by atoms with van der Waals surface area (Å²) in [6.07, 6.45) is 10.2. The first-order chi connectivity index (χ1) is 18.0. The quantitative estimate of drug-likeness (QED) is 0.194. The molecule has 19 heteroatoms. The van der Waals surface area contributed by atoms with E-state index in [-0.39, 0.29) is 36.1 Å². The number of rotatable bonds is 5. The maximum Gasteiger partial charge on any atom is 0.303 e. The third kappa shape index (κ3) is 8.26. The van der Waals surface area contributed by atoms with Crippen molar-refractivity contribution in [2.75, 3.05) is 12.8 Å². The van der Waals surface area contributed by atoms with Gasteiger partial charge in [0, 0.05) is 26.3 Å². The lowest BCUT2D eigenvalue weighted by molar-refractivity contribution is -0.395. The molecule has 4 heterocycles. The molecular weight excluding hydrogens is 539 g/mol. The number of hydrogen-bond acceptors (Lipinski definition) is 13. The summed E-state index contributed by atoms with van der Waals surface area (Å²) in [6.45, 7) is 1.32. The number of aromatic amines is 1. The average molecular weight is 566 g/mol. The molecule has 0 aromatic carbocycles. The number of nitrogens with two attached hydrogens (primary N) is 1. The Hall–Kier alpha value is -6.01. The molecule has 0 saturated carbocycles. The van der Waals surface area contributed by atoms with Crippen LogP contribution in [0.4, 0.5) is 33.1 Å². The molecule has 0 atom stereocenters. The van der Waals surface area contributed by atoms with Crippen molar-refractivity contribution in [2.45, 2.75) is 14.4 Å². The lowest BCUT2D eigenvalue weighted by atomic mass is 10.2. The lowest BCUT2D eigenvalue weighted by Crippen LogP contribution is -2.01. The van der Waals surface area contributed by atoms with E-state index in [0.717, 1.165) is 47.6 Å². The summed E-state index contributed by atoms with van der Waals surface area (Å²) in [5.41, 5.74) is 5.65. The molecule has 40 heavy (non-hydrogen) atoms. The Kier molecular flexibility index (Phi) is 13.0. The Morgan fingerprint density at radius 1 is 0.825 bits per heavy atom. The molecule has 0 aliphatic rings. The number of hydrogen-bond donors (Lipinski definition) is 2. The van der Waals surface area contributed by atoms with Crippen molar-refractivity contribution in [3.63, 3.8) is 0 Å². The van der Waals surface area contributed by atoms with E-state index in [4.69, 9.17) is 5.73 Å². The molecule has 0 unspecified atom stereocenters. The number of nitrogen functional groups attached to an aromatic ring is 1. The number of nitrogens with zero attached hydrogens (tertiary/aromatic N) is 8. The van der Waals surface area contributed by atoms with Gasteiger partial charge in [-0.1, -0.05) is 7.43 Å². The zero-order chi connectivity index (χ0) is 28.4. The SMILES string of the molecule is C.CN=Cc1c([N+](=O)[O-])cncc1[N+](=O)[O-].Cc1c([N+](=O)[O-])cncc1[N+](=O)[O-].F.Nc1cncc2[nH]ccc12.[3HH]. The maximum atomic E-state index is 10.6. The number of nitrogens with one attached hydrogen (secondary N) is 1. The van der Waals surface area contributed by atoms with Crippen molar-refractivity contribution in [3.8, 4) is 0 Å². The van der Waals surface area contributed by atoms with Gasteiger partial charge in [0.15, 0.2) is 5.56 Å². The van der Waals surface area contributed by atoms with Gasteiger partial charge in [0.25, 0.3) is 11.4 Å². The molecule has 0 saturated heterocycles. The number of fused-ring (bicyclic) bond motifs is 1. The third-order valence-electron chi connectivity index (χ3n) is 4.66. The first-order valence-corrected chi connectivity index (χ1v) is 10.1. The van der Waals surface area contributed by atoms with E-state index in [1.807, 2.05) is 12.3 Å². The Labute approximate surface area is 225 Å². The molecule has 214 valence electrons. The van der Waals surface area contributed by atoms with Crippen LogP contribution < -0.4 is 5.73 Å². The summed E-state index contributed by atoms with van der Waals surface area (Å²) >= 11 is 0. The second kappa shape index (κ2) is 15.3. The van der Waals surface area contributed by atoms with E-state index in [2.05, 4.69) is 24.9 Å². The maximum absolute atomic E-state index is 10.6. The molecule has 0 aliphatic carbocycles. The minimum Gasteiger partial charge on any atom is -0.397 e. The molecule has 4 rings (SSSR count). The minimum absolute atomic E-state index is 0. The first-order valence-electron chi connectivity index (χ1n) is 10.1. The topological polar surface area (TPSA) is 265 Å². The van der Waals surface area contributed by atoms with Crippen LogP contribution in [0.3, 0.4) is 0 Å². The lowest BCUT2D eigenvalue weighted by Gasteiger charge is -1.97. The second-order valence-electron chi connectivity index (χ2n) is 6.98. The Morgan fingerprint density at radius 2 is 1.25 bits per heavy atom. The molecule has 0 amide bonds. The summed E-state index contributed by atoms with van der Waals surface area (Å²) in [5.74, 6) is 0. The predicted octanol–water partition coefficient (Wildman–Crippen LogP) is 4.33. The molecule has 0 fully saturated rings. The number of H-pyrrole nitrogens is 1. The average Bonchev–Trinajstić information content (AvgIpc) is 3.35. The van der Waals surface area contributed by atoms with Gasteiger partial charge in [0.05, 0.1) is 43.3 Å². The predicted molar refractivity (Wildman–Crippen MR) is 145 cm³/mol. The highest BCUT2D eigenvalue weighted by molar-refractivity contribution is 5.90. The summed E-state index contributed by atoms with van der Waals surface area (Å²) in [4.78, 5) is 56.2. The highest BCUT2D eigenvalue weighted by Crippen LogP contribution is 2.25. The summed E-state index contributed by atoms with van der Waals surface area (Å²) in [5, 5.41) is 42.8. The first kappa shape index (κ1) is 34.0. The van der Waals surface area contributed by atoms with Gasteiger partial charge in [-0.15, -0.1) is 0 Å². The van der Waals surface area contributed by atoms with Crippen LogP contribution in [0, 0.1) is 47.4 Å². The number of anilines is 1. The van der Waals surface area contributed by atoms with Crippen LogP contribution in [0.5, 0.6) is 0 Å². The second-order valence-corrected chi connectivity index (χ2v) is 6.98. The molecule has 0 spiro atoms. The zero-order valence-corrected chi connectivity index (χ0v) is 20.0. The van der Waals surface area contributed by atoms with Crippen molar-refractivity contribution in [1.29, 1.82) is 0 Å². The van der Waals surface area contributed by atoms with E-state index in [9.17, 15) is 40.5 Å². The van der Waals surface area contributed by atoms with Crippen LogP contribution in [-0.4, -0.2) is 52.9 Å². The summed E-state index contributed by atoms with van der Waals surface area (Å²) < 4.78 is 0. The van der Waals surface area contributed by atoms with Crippen molar-refractivity contribution in [3.05, 3.63) is 101 Å². The standard InChI is InChI=1S/C7H6N4O4.C7H7N3.C6H5N3O4.CH4.FH.H2/c1-8-2-5-6(10(12)13)3-9-4-7(5)11(14)15;8-6-3-9-4-7-5(6)1-2-10-7;1-4-5(8(10)11)2-7-3-6(4)9(12)13;;;/h2-4H,1H3;1-4,10H,8H2;2-3H,1H3;1H4;2*1H/i;;;;;1+2. The number of nitro groups is 4. The number of halogens is 1. The Balaban J connectivity index is 0. The van der Waals surface area contributed by atoms with Crippen LogP contribution >= 0.6 is 0 Å². The van der Waals surface area contributed by atoms with Crippen LogP contribution in [0.25, 0.3) is 10.9 Å². The van der Waals surface area contributed by atoms with Crippen molar-refractivity contribution < 1.29 is 25.8 Å². The fourth-order valence-electron chi connectivity index (χ4n) is 2.88. The van der Waals surface area contributed by atoms with Gasteiger partial charge in [0.1, 0.15) is 30.4 Å². The van der Waals surface area contributed by atoms with Crippen LogP contribution in [-0.2, 0) is 0 Å². The van der Waals surface area contributed by atoms with Gasteiger partial charge in [-0.2, -0.15) is 0 Å². The van der Waals surface area contributed by atoms with E-state index >= 15 is 0 Å². The van der Waals surface area contributed by atoms with Gasteiger partial charge < -0.3 is 10.7 Å². The number of pyridine rings is 3. The van der Waals surface area contributed by atoms with Gasteiger partial charge >= 0.3 is 11.4 Å². The Bertz CT molecular complexity index is 1490. The van der Waals surface area contributed by atoms with E-state index < -0.39 is 31.1 Å². The zero-order valence-electron chi connectivity index (χ0n) is 20.0. The third-order valence-corrected chi connectivity index (χ3v) is 4.66. The van der Waals surface area contributed by atoms with E-state index in [1.165, 1.54) is 14.0 Å². The summed E-state index contributed by atoms with van der Waals surface area (Å²) in [7, 11) is 1.37. The highest BCUT2D eigenvalue weighted by atomic mass is 19.0. The van der Waals surface area contributed by atoms with Gasteiger partial charge in [0.2, 0.25) is 0 Å². The number of aromatic nitrogens is 4. The minimum atomic E-state index is -0.739. The monoisotopic (exact) mass is 566 g/mol. The highest BCUT2D eigenvalue weighted by Gasteiger charge is 2.24. The van der Waals surface area contributed by atoms with Gasteiger partial charge in [-0.25, -0.2) is 0 Å². The van der Waals surface area contributed by atoms with Gasteiger partial charge in [-0.3, -0.25) is 65.1 Å². The van der Waals surface area contributed by atoms with Gasteiger partial charge in [-0.05, 0) is 13.0 Å². The van der Waals surface area contributed by atoms with Crippen molar-refractivity contribution >= 4 is 45.6 Å². The number of aliphatic imine (C=N–C) groups is 1. The molecule has 18 nitrogen and oxygen atoms in total. The van der Waals surface area contributed by atoms with Crippen molar-refractivity contribution in [2.24, 2.45) is 4.99 Å². The van der Waals surface area contributed by atoms with Crippen LogP contribution in [0.15, 0.2) is 54.4 Å². The largest absolute Gasteiger partial charge is 0.397 e. The molecule has 4 aromatic rings. The molecule has 0 radical (unpaired) electrons. The fraction of sp³-hybridized carbons (Fsp3) is 0.143. The van der Waals surface area contributed by atoms with Crippen molar-refractivity contribution in [1.82, 2.24) is 19.9 Å². The smallest absolute Gasteiger partial charge is 0.303 e. The molecular formula is C21H25FN10O8. The Morgan fingerprint density at radius 3 is 1.65 bits per heavy atom.